The smallest absolute Gasteiger partial charge is 0.164 e. The number of furan rings is 2. The summed E-state index contributed by atoms with van der Waals surface area (Å²) in [6, 6.07) is 24.8. The molecule has 3 aromatic carbocycles. The van der Waals surface area contributed by atoms with E-state index in [2.05, 4.69) is 95.3 Å². The van der Waals surface area contributed by atoms with Gasteiger partial charge in [0.25, 0.3) is 0 Å². The monoisotopic (exact) mass is 905 g/mol. The Morgan fingerprint density at radius 2 is 1.54 bits per heavy atom. The number of rotatable bonds is 11. The first-order valence-electron chi connectivity index (χ1n) is 19.4. The number of aromatic nitrogens is 1. The van der Waals surface area contributed by atoms with Crippen LogP contribution in [0.5, 0.6) is 0 Å². The topological polar surface area (TPSA) is 76.5 Å². The first kappa shape index (κ1) is 42.7. The second kappa shape index (κ2) is 17.2. The summed E-state index contributed by atoms with van der Waals surface area (Å²) < 4.78 is 12.5. The van der Waals surface area contributed by atoms with E-state index in [1.807, 2.05) is 53.8 Å². The van der Waals surface area contributed by atoms with E-state index in [1.165, 1.54) is 22.6 Å². The average Bonchev–Trinajstić information content (AvgIpc) is 3.77. The van der Waals surface area contributed by atoms with Crippen molar-refractivity contribution in [3.05, 3.63) is 102 Å². The number of pyridine rings is 1. The van der Waals surface area contributed by atoms with Gasteiger partial charge < -0.3 is 13.9 Å². The van der Waals surface area contributed by atoms with Crippen LogP contribution in [-0.2, 0) is 36.7 Å². The van der Waals surface area contributed by atoms with Crippen molar-refractivity contribution in [2.45, 2.75) is 114 Å². The van der Waals surface area contributed by atoms with Gasteiger partial charge in [-0.1, -0.05) is 117 Å². The van der Waals surface area contributed by atoms with Crippen molar-refractivity contribution in [1.82, 2.24) is 4.98 Å². The molecule has 0 aliphatic heterocycles. The number of fused-ring (bicyclic) bond motifs is 3. The Kier molecular flexibility index (Phi) is 13.6. The second-order valence-electron chi connectivity index (χ2n) is 16.6. The van der Waals surface area contributed by atoms with Gasteiger partial charge in [0.2, 0.25) is 0 Å². The predicted molar refractivity (Wildman–Crippen MR) is 221 cm³/mol. The Morgan fingerprint density at radius 3 is 2.17 bits per heavy atom. The molecule has 6 aromatic rings. The summed E-state index contributed by atoms with van der Waals surface area (Å²) in [7, 11) is 0. The molecule has 6 rings (SSSR count). The molecule has 5 nitrogen and oxygen atoms in total. The molecule has 1 radical (unpaired) electrons. The Balaban J connectivity index is 0.000000309. The molecule has 0 aliphatic carbocycles. The quantitative estimate of drug-likeness (QED) is 0.0796. The fourth-order valence-electron chi connectivity index (χ4n) is 6.81. The van der Waals surface area contributed by atoms with E-state index in [9.17, 15) is 9.90 Å². The molecule has 0 amide bonds. The van der Waals surface area contributed by atoms with Crippen LogP contribution in [0.2, 0.25) is 0 Å². The van der Waals surface area contributed by atoms with Crippen LogP contribution < -0.4 is 0 Å². The number of carbonyl (C=O) groups is 1. The number of aliphatic hydroxyl groups is 1. The third-order valence-corrected chi connectivity index (χ3v) is 11.4. The summed E-state index contributed by atoms with van der Waals surface area (Å²) in [6.07, 6.45) is 9.44. The number of hydrogen-bond donors (Lipinski definition) is 1. The van der Waals surface area contributed by atoms with Crippen LogP contribution in [0.1, 0.15) is 113 Å². The molecule has 3 heterocycles. The third-order valence-electron chi connectivity index (χ3n) is 11.4. The van der Waals surface area contributed by atoms with Crippen LogP contribution in [0.4, 0.5) is 0 Å². The molecule has 0 aliphatic rings. The molecule has 289 valence electrons. The van der Waals surface area contributed by atoms with Gasteiger partial charge in [-0.3, -0.25) is 9.78 Å². The Hall–Kier alpha value is -3.99. The van der Waals surface area contributed by atoms with Crippen LogP contribution in [-0.4, -0.2) is 15.9 Å². The average molecular weight is 905 g/mol. The third kappa shape index (κ3) is 8.93. The molecule has 54 heavy (non-hydrogen) atoms. The van der Waals surface area contributed by atoms with E-state index in [0.717, 1.165) is 82.0 Å². The van der Waals surface area contributed by atoms with Gasteiger partial charge in [-0.2, -0.15) is 0 Å². The number of allylic oxidation sites excluding steroid dienone is 2. The number of hydrogen-bond acceptors (Lipinski definition) is 5. The molecule has 1 N–H and O–H groups in total. The van der Waals surface area contributed by atoms with Crippen molar-refractivity contribution in [2.75, 3.05) is 0 Å². The number of nitrogens with zero attached hydrogens (tertiary/aromatic N) is 1. The van der Waals surface area contributed by atoms with E-state index in [4.69, 9.17) is 13.8 Å². The first-order chi connectivity index (χ1) is 25.1. The minimum absolute atomic E-state index is 0. The number of aliphatic hydroxyl groups excluding tert-OH is 1. The van der Waals surface area contributed by atoms with Crippen molar-refractivity contribution in [3.8, 4) is 22.6 Å². The van der Waals surface area contributed by atoms with Gasteiger partial charge in [-0.05, 0) is 67.2 Å². The summed E-state index contributed by atoms with van der Waals surface area (Å²) in [4.78, 5) is 16.9. The molecular weight excluding hydrogens is 847 g/mol. The van der Waals surface area contributed by atoms with E-state index < -0.39 is 0 Å². The minimum Gasteiger partial charge on any atom is -0.512 e. The second-order valence-corrected chi connectivity index (χ2v) is 16.6. The van der Waals surface area contributed by atoms with E-state index in [1.54, 1.807) is 6.26 Å². The van der Waals surface area contributed by atoms with Crippen molar-refractivity contribution in [1.29, 1.82) is 0 Å². The maximum Gasteiger partial charge on any atom is 0.164 e. The Morgan fingerprint density at radius 1 is 0.870 bits per heavy atom. The maximum absolute atomic E-state index is 12.2. The molecular formula is C48H58IrNO4-. The van der Waals surface area contributed by atoms with Crippen LogP contribution in [0.3, 0.4) is 0 Å². The maximum atomic E-state index is 12.2. The van der Waals surface area contributed by atoms with Gasteiger partial charge in [-0.25, -0.2) is 0 Å². The SMILES string of the molecule is CC(C)Cc1ccc2c(-c3cc4ccnc(-c5[c-]c6ccccc6c(C(C)(C)C)c5)c4o3)coc2c1.CCC(C)(CC)C(=O)/C=C(\O)C(C)(CC)CC.[Ir]. The Bertz CT molecular complexity index is 2240. The number of ketones is 1. The summed E-state index contributed by atoms with van der Waals surface area (Å²) in [6.45, 7) is 23.3. The normalized spacial score (nSPS) is 12.6. The molecule has 0 unspecified atom stereocenters. The van der Waals surface area contributed by atoms with Gasteiger partial charge in [0.1, 0.15) is 28.9 Å². The minimum atomic E-state index is -0.337. The fourth-order valence-corrected chi connectivity index (χ4v) is 6.81. The first-order valence-corrected chi connectivity index (χ1v) is 19.4. The van der Waals surface area contributed by atoms with Crippen LogP contribution in [0, 0.1) is 22.8 Å². The summed E-state index contributed by atoms with van der Waals surface area (Å²) in [5.41, 5.74) is 6.31. The van der Waals surface area contributed by atoms with Gasteiger partial charge in [0.05, 0.1) is 5.56 Å². The summed E-state index contributed by atoms with van der Waals surface area (Å²) in [5.74, 6) is 1.67. The molecule has 0 spiro atoms. The summed E-state index contributed by atoms with van der Waals surface area (Å²) >= 11 is 0. The van der Waals surface area contributed by atoms with Crippen molar-refractivity contribution >= 4 is 38.5 Å². The molecule has 6 heteroatoms. The number of benzene rings is 3. The van der Waals surface area contributed by atoms with Crippen molar-refractivity contribution in [3.63, 3.8) is 0 Å². The van der Waals surface area contributed by atoms with Gasteiger partial charge in [0, 0.05) is 59.7 Å². The molecule has 3 aromatic heterocycles. The zero-order valence-corrected chi connectivity index (χ0v) is 36.5. The standard InChI is InChI=1S/C33H30NO2.C15H28O2.Ir/c1-20(2)14-21-10-11-26-27(19-35-29(26)15-21)30-18-23-12-13-34-31(32(23)36-30)24-16-22-8-6-7-9-25(22)28(17-24)33(3,4)5;1-7-14(5,8-2)12(16)11-13(17)15(6,9-3)10-4;/h6-13,15,17-20H,14H2,1-5H3;11,16H,7-10H2,1-6H3;/q-1;;/b;12-11-;. The van der Waals surface area contributed by atoms with Crippen LogP contribution >= 0.6 is 0 Å². The fraction of sp³-hybridized carbons (Fsp3) is 0.417. The van der Waals surface area contributed by atoms with Gasteiger partial charge in [0.15, 0.2) is 5.78 Å². The van der Waals surface area contributed by atoms with Crippen LogP contribution in [0.25, 0.3) is 55.3 Å². The van der Waals surface area contributed by atoms with Crippen LogP contribution in [0.15, 0.2) is 93.8 Å². The predicted octanol–water partition coefficient (Wildman–Crippen LogP) is 14.0. The van der Waals surface area contributed by atoms with E-state index >= 15 is 0 Å². The van der Waals surface area contributed by atoms with Gasteiger partial charge in [-0.15, -0.1) is 29.1 Å². The summed E-state index contributed by atoms with van der Waals surface area (Å²) in [5, 5.41) is 14.5. The zero-order valence-electron chi connectivity index (χ0n) is 34.1. The molecule has 0 saturated carbocycles. The zero-order chi connectivity index (χ0) is 38.7. The molecule has 0 fully saturated rings. The molecule has 0 saturated heterocycles. The number of carbonyl (C=O) groups excluding carboxylic acids is 1. The Labute approximate surface area is 336 Å². The largest absolute Gasteiger partial charge is 0.512 e. The van der Waals surface area contributed by atoms with E-state index in [0.29, 0.717) is 5.92 Å². The van der Waals surface area contributed by atoms with Gasteiger partial charge >= 0.3 is 0 Å². The molecule has 0 bridgehead atoms. The van der Waals surface area contributed by atoms with E-state index in [-0.39, 0.29) is 47.9 Å². The molecule has 0 atom stereocenters. The van der Waals surface area contributed by atoms with Crippen molar-refractivity contribution in [2.24, 2.45) is 16.7 Å². The van der Waals surface area contributed by atoms with Crippen molar-refractivity contribution < 1.29 is 38.8 Å².